The van der Waals surface area contributed by atoms with Gasteiger partial charge in [-0.3, -0.25) is 9.59 Å². The van der Waals surface area contributed by atoms with Gasteiger partial charge in [0.2, 0.25) is 0 Å². The van der Waals surface area contributed by atoms with Crippen LogP contribution in [-0.2, 0) is 0 Å². The number of nitrogens with zero attached hydrogens (tertiary/aromatic N) is 1. The summed E-state index contributed by atoms with van der Waals surface area (Å²) < 4.78 is 0. The van der Waals surface area contributed by atoms with Gasteiger partial charge >= 0.3 is 0 Å². The van der Waals surface area contributed by atoms with Gasteiger partial charge in [-0.2, -0.15) is 0 Å². The molecule has 0 aliphatic heterocycles. The third-order valence-electron chi connectivity index (χ3n) is 3.69. The zero-order chi connectivity index (χ0) is 18.4. The third kappa shape index (κ3) is 5.08. The van der Waals surface area contributed by atoms with E-state index in [1.54, 1.807) is 24.3 Å². The Morgan fingerprint density at radius 3 is 2.28 bits per heavy atom. The molecule has 0 spiro atoms. The summed E-state index contributed by atoms with van der Waals surface area (Å²) in [5, 5.41) is 5.77. The number of hydrogen-bond acceptors (Lipinski definition) is 3. The maximum Gasteiger partial charge on any atom is 0.255 e. The average molecular weight is 339 g/mol. The molecular formula is C20H25N3O2. The van der Waals surface area contributed by atoms with Crippen molar-refractivity contribution >= 4 is 23.2 Å². The molecule has 0 atom stereocenters. The minimum absolute atomic E-state index is 0.145. The average Bonchev–Trinajstić information content (AvgIpc) is 2.60. The predicted molar refractivity (Wildman–Crippen MR) is 102 cm³/mol. The number of amides is 2. The smallest absolute Gasteiger partial charge is 0.255 e. The Labute approximate surface area is 149 Å². The number of carbonyl (C=O) groups is 2. The van der Waals surface area contributed by atoms with Crippen LogP contribution >= 0.6 is 0 Å². The number of anilines is 2. The first-order chi connectivity index (χ1) is 11.9. The third-order valence-corrected chi connectivity index (χ3v) is 3.69. The highest BCUT2D eigenvalue weighted by Gasteiger charge is 2.15. The number of carbonyl (C=O) groups excluding carboxylic acids is 2. The van der Waals surface area contributed by atoms with E-state index in [2.05, 4.69) is 10.6 Å². The first-order valence-corrected chi connectivity index (χ1v) is 8.34. The van der Waals surface area contributed by atoms with Crippen LogP contribution < -0.4 is 15.5 Å². The molecule has 0 aliphatic rings. The van der Waals surface area contributed by atoms with E-state index in [0.717, 1.165) is 5.69 Å². The second kappa shape index (κ2) is 8.33. The molecular weight excluding hydrogens is 314 g/mol. The van der Waals surface area contributed by atoms with Crippen molar-refractivity contribution in [1.29, 1.82) is 0 Å². The lowest BCUT2D eigenvalue weighted by molar-refractivity contribution is 0.0948. The van der Waals surface area contributed by atoms with Gasteiger partial charge in [-0.15, -0.1) is 0 Å². The SMILES string of the molecule is CC(C)CNC(=O)c1cc(NC(=O)c2ccccc2)ccc1N(C)C. The molecule has 0 heterocycles. The lowest BCUT2D eigenvalue weighted by Gasteiger charge is -2.19. The normalized spacial score (nSPS) is 10.4. The van der Waals surface area contributed by atoms with E-state index in [4.69, 9.17) is 0 Å². The summed E-state index contributed by atoms with van der Waals surface area (Å²) in [6, 6.07) is 14.3. The van der Waals surface area contributed by atoms with Crippen molar-refractivity contribution in [2.75, 3.05) is 30.9 Å². The quantitative estimate of drug-likeness (QED) is 0.848. The molecule has 5 heteroatoms. The summed E-state index contributed by atoms with van der Waals surface area (Å²) in [7, 11) is 3.77. The lowest BCUT2D eigenvalue weighted by Crippen LogP contribution is -2.29. The van der Waals surface area contributed by atoms with Gasteiger partial charge in [0.1, 0.15) is 0 Å². The Morgan fingerprint density at radius 2 is 1.68 bits per heavy atom. The minimum atomic E-state index is -0.202. The van der Waals surface area contributed by atoms with Crippen LogP contribution in [0.15, 0.2) is 48.5 Å². The predicted octanol–water partition coefficient (Wildman–Crippen LogP) is 3.39. The van der Waals surface area contributed by atoms with Crippen molar-refractivity contribution < 1.29 is 9.59 Å². The summed E-state index contributed by atoms with van der Waals surface area (Å²) in [4.78, 5) is 26.7. The molecule has 0 saturated carbocycles. The second-order valence-corrected chi connectivity index (χ2v) is 6.55. The van der Waals surface area contributed by atoms with Crippen LogP contribution in [0.1, 0.15) is 34.6 Å². The Morgan fingerprint density at radius 1 is 1.00 bits per heavy atom. The molecule has 0 radical (unpaired) electrons. The number of rotatable bonds is 6. The van der Waals surface area contributed by atoms with Gasteiger partial charge in [-0.1, -0.05) is 32.0 Å². The van der Waals surface area contributed by atoms with Crippen molar-refractivity contribution in [3.63, 3.8) is 0 Å². The van der Waals surface area contributed by atoms with Gasteiger partial charge in [0.25, 0.3) is 11.8 Å². The molecule has 2 rings (SSSR count). The fourth-order valence-electron chi connectivity index (χ4n) is 2.37. The summed E-state index contributed by atoms with van der Waals surface area (Å²) in [6.45, 7) is 4.69. The Kier molecular flexibility index (Phi) is 6.17. The molecule has 0 aliphatic carbocycles. The van der Waals surface area contributed by atoms with E-state index >= 15 is 0 Å². The maximum absolute atomic E-state index is 12.5. The van der Waals surface area contributed by atoms with Crippen molar-refractivity contribution in [2.24, 2.45) is 5.92 Å². The first-order valence-electron chi connectivity index (χ1n) is 8.34. The molecule has 0 fully saturated rings. The monoisotopic (exact) mass is 339 g/mol. The number of benzene rings is 2. The molecule has 2 amide bonds. The standard InChI is InChI=1S/C20H25N3O2/c1-14(2)13-21-20(25)17-12-16(10-11-18(17)23(3)4)22-19(24)15-8-6-5-7-9-15/h5-12,14H,13H2,1-4H3,(H,21,25)(H,22,24). The van der Waals surface area contributed by atoms with Crippen LogP contribution in [0, 0.1) is 5.92 Å². The van der Waals surface area contributed by atoms with E-state index in [1.807, 2.05) is 57.1 Å². The van der Waals surface area contributed by atoms with E-state index in [1.165, 1.54) is 0 Å². The van der Waals surface area contributed by atoms with E-state index in [0.29, 0.717) is 29.3 Å². The molecule has 2 N–H and O–H groups in total. The lowest BCUT2D eigenvalue weighted by atomic mass is 10.1. The van der Waals surface area contributed by atoms with Gasteiger partial charge in [0, 0.05) is 37.6 Å². The van der Waals surface area contributed by atoms with Gasteiger partial charge in [0.05, 0.1) is 5.56 Å². The van der Waals surface area contributed by atoms with Gasteiger partial charge < -0.3 is 15.5 Å². The van der Waals surface area contributed by atoms with Gasteiger partial charge in [-0.25, -0.2) is 0 Å². The van der Waals surface area contributed by atoms with Crippen molar-refractivity contribution in [3.8, 4) is 0 Å². The molecule has 132 valence electrons. The van der Waals surface area contributed by atoms with Crippen molar-refractivity contribution in [2.45, 2.75) is 13.8 Å². The summed E-state index contributed by atoms with van der Waals surface area (Å²) in [5.74, 6) is 0.0210. The molecule has 0 saturated heterocycles. The number of nitrogens with one attached hydrogen (secondary N) is 2. The highest BCUT2D eigenvalue weighted by atomic mass is 16.2. The van der Waals surface area contributed by atoms with E-state index in [-0.39, 0.29) is 11.8 Å². The van der Waals surface area contributed by atoms with Crippen LogP contribution in [-0.4, -0.2) is 32.5 Å². The molecule has 0 bridgehead atoms. The van der Waals surface area contributed by atoms with E-state index < -0.39 is 0 Å². The first kappa shape index (κ1) is 18.5. The van der Waals surface area contributed by atoms with Crippen LogP contribution in [0.2, 0.25) is 0 Å². The number of hydrogen-bond donors (Lipinski definition) is 2. The molecule has 0 unspecified atom stereocenters. The van der Waals surface area contributed by atoms with Crippen molar-refractivity contribution in [3.05, 3.63) is 59.7 Å². The zero-order valence-electron chi connectivity index (χ0n) is 15.2. The zero-order valence-corrected chi connectivity index (χ0v) is 15.2. The summed E-state index contributed by atoms with van der Waals surface area (Å²) in [6.07, 6.45) is 0. The topological polar surface area (TPSA) is 61.4 Å². The summed E-state index contributed by atoms with van der Waals surface area (Å²) in [5.41, 5.74) is 2.51. The van der Waals surface area contributed by atoms with E-state index in [9.17, 15) is 9.59 Å². The molecule has 0 aromatic heterocycles. The minimum Gasteiger partial charge on any atom is -0.377 e. The Bertz CT molecular complexity index is 740. The summed E-state index contributed by atoms with van der Waals surface area (Å²) >= 11 is 0. The fourth-order valence-corrected chi connectivity index (χ4v) is 2.37. The van der Waals surface area contributed by atoms with Gasteiger partial charge in [0.15, 0.2) is 0 Å². The Hall–Kier alpha value is -2.82. The second-order valence-electron chi connectivity index (χ2n) is 6.55. The molecule has 25 heavy (non-hydrogen) atoms. The van der Waals surface area contributed by atoms with Crippen LogP contribution in [0.4, 0.5) is 11.4 Å². The fraction of sp³-hybridized carbons (Fsp3) is 0.300. The van der Waals surface area contributed by atoms with Crippen LogP contribution in [0.25, 0.3) is 0 Å². The van der Waals surface area contributed by atoms with Crippen molar-refractivity contribution in [1.82, 2.24) is 5.32 Å². The molecule has 5 nitrogen and oxygen atoms in total. The van der Waals surface area contributed by atoms with Gasteiger partial charge in [-0.05, 0) is 36.2 Å². The Balaban J connectivity index is 2.24. The van der Waals surface area contributed by atoms with Crippen LogP contribution in [0.5, 0.6) is 0 Å². The molecule has 2 aromatic carbocycles. The molecule has 2 aromatic rings. The maximum atomic E-state index is 12.5. The van der Waals surface area contributed by atoms with Crippen LogP contribution in [0.3, 0.4) is 0 Å². The highest BCUT2D eigenvalue weighted by Crippen LogP contribution is 2.23. The largest absolute Gasteiger partial charge is 0.377 e. The highest BCUT2D eigenvalue weighted by molar-refractivity contribution is 6.06.